The summed E-state index contributed by atoms with van der Waals surface area (Å²) in [6.07, 6.45) is 0. The Kier molecular flexibility index (Phi) is 4.21. The molecule has 1 aromatic heterocycles. The molecule has 3 rings (SSSR count). The van der Waals surface area contributed by atoms with Gasteiger partial charge in [-0.2, -0.15) is 10.4 Å². The van der Waals surface area contributed by atoms with Crippen LogP contribution in [0.25, 0.3) is 11.3 Å². The molecule has 7 heteroatoms. The van der Waals surface area contributed by atoms with Crippen LogP contribution < -0.4 is 10.3 Å². The van der Waals surface area contributed by atoms with Crippen LogP contribution in [0.2, 0.25) is 0 Å². The SMILES string of the molecule is COc1ccc(-c2[nH][nH]c(=O)c2N=Nc2cccc(C#N)c2)cc1. The van der Waals surface area contributed by atoms with Crippen LogP contribution in [0.1, 0.15) is 5.56 Å². The van der Waals surface area contributed by atoms with Crippen LogP contribution in [0.5, 0.6) is 5.75 Å². The number of rotatable bonds is 4. The quantitative estimate of drug-likeness (QED) is 0.716. The van der Waals surface area contributed by atoms with Crippen LogP contribution in [0.15, 0.2) is 63.6 Å². The predicted molar refractivity (Wildman–Crippen MR) is 88.7 cm³/mol. The predicted octanol–water partition coefficient (Wildman–Crippen LogP) is 3.67. The maximum absolute atomic E-state index is 12.0. The minimum atomic E-state index is -0.374. The molecule has 0 aliphatic carbocycles. The number of aromatic amines is 2. The van der Waals surface area contributed by atoms with E-state index in [0.29, 0.717) is 22.7 Å². The van der Waals surface area contributed by atoms with Crippen molar-refractivity contribution in [1.29, 1.82) is 5.26 Å². The van der Waals surface area contributed by atoms with Crippen molar-refractivity contribution in [3.63, 3.8) is 0 Å². The van der Waals surface area contributed by atoms with Crippen molar-refractivity contribution in [2.75, 3.05) is 7.11 Å². The largest absolute Gasteiger partial charge is 0.497 e. The van der Waals surface area contributed by atoms with Gasteiger partial charge < -0.3 is 4.74 Å². The van der Waals surface area contributed by atoms with Crippen LogP contribution in [-0.2, 0) is 0 Å². The molecule has 0 bridgehead atoms. The summed E-state index contributed by atoms with van der Waals surface area (Å²) in [7, 11) is 1.59. The van der Waals surface area contributed by atoms with Gasteiger partial charge in [-0.3, -0.25) is 15.0 Å². The highest BCUT2D eigenvalue weighted by Gasteiger charge is 2.11. The van der Waals surface area contributed by atoms with Gasteiger partial charge >= 0.3 is 0 Å². The normalized spacial score (nSPS) is 10.7. The Hall–Kier alpha value is -3.66. The number of ether oxygens (including phenoxy) is 1. The maximum Gasteiger partial charge on any atom is 0.292 e. The third-order valence-corrected chi connectivity index (χ3v) is 3.37. The number of hydrogen-bond acceptors (Lipinski definition) is 5. The summed E-state index contributed by atoms with van der Waals surface area (Å²) < 4.78 is 5.12. The fourth-order valence-electron chi connectivity index (χ4n) is 2.16. The average Bonchev–Trinajstić information content (AvgIpc) is 3.01. The fourth-order valence-corrected chi connectivity index (χ4v) is 2.16. The van der Waals surface area contributed by atoms with Gasteiger partial charge in [0.05, 0.1) is 30.1 Å². The second-order valence-corrected chi connectivity index (χ2v) is 4.89. The molecule has 0 saturated heterocycles. The van der Waals surface area contributed by atoms with Gasteiger partial charge in [-0.15, -0.1) is 5.11 Å². The molecule has 2 N–H and O–H groups in total. The lowest BCUT2D eigenvalue weighted by Gasteiger charge is -2.01. The Morgan fingerprint density at radius 1 is 1.08 bits per heavy atom. The molecule has 0 saturated carbocycles. The van der Waals surface area contributed by atoms with Gasteiger partial charge in [0.25, 0.3) is 5.56 Å². The van der Waals surface area contributed by atoms with E-state index in [1.54, 1.807) is 43.5 Å². The first kappa shape index (κ1) is 15.2. The maximum atomic E-state index is 12.0. The highest BCUT2D eigenvalue weighted by molar-refractivity contribution is 5.71. The van der Waals surface area contributed by atoms with Gasteiger partial charge in [-0.05, 0) is 42.5 Å². The second-order valence-electron chi connectivity index (χ2n) is 4.89. The zero-order valence-electron chi connectivity index (χ0n) is 12.8. The Morgan fingerprint density at radius 3 is 2.58 bits per heavy atom. The molecule has 0 aliphatic rings. The summed E-state index contributed by atoms with van der Waals surface area (Å²) >= 11 is 0. The van der Waals surface area contributed by atoms with Gasteiger partial charge in [0.1, 0.15) is 5.75 Å². The Bertz CT molecular complexity index is 977. The minimum absolute atomic E-state index is 0.169. The Labute approximate surface area is 137 Å². The van der Waals surface area contributed by atoms with Crippen LogP contribution in [0, 0.1) is 11.3 Å². The second kappa shape index (κ2) is 6.62. The van der Waals surface area contributed by atoms with E-state index in [1.807, 2.05) is 18.2 Å². The number of hydrogen-bond donors (Lipinski definition) is 2. The first-order chi connectivity index (χ1) is 11.7. The molecule has 1 heterocycles. The summed E-state index contributed by atoms with van der Waals surface area (Å²) in [4.78, 5) is 12.0. The van der Waals surface area contributed by atoms with E-state index in [-0.39, 0.29) is 11.2 Å². The van der Waals surface area contributed by atoms with Crippen molar-refractivity contribution in [2.45, 2.75) is 0 Å². The molecule has 0 unspecified atom stereocenters. The van der Waals surface area contributed by atoms with E-state index < -0.39 is 0 Å². The van der Waals surface area contributed by atoms with E-state index >= 15 is 0 Å². The number of H-pyrrole nitrogens is 2. The number of benzene rings is 2. The monoisotopic (exact) mass is 319 g/mol. The lowest BCUT2D eigenvalue weighted by molar-refractivity contribution is 0.415. The first-order valence-electron chi connectivity index (χ1n) is 7.08. The molecule has 24 heavy (non-hydrogen) atoms. The Balaban J connectivity index is 1.96. The smallest absolute Gasteiger partial charge is 0.292 e. The summed E-state index contributed by atoms with van der Waals surface area (Å²) in [6, 6.07) is 15.9. The molecular formula is C17H13N5O2. The highest BCUT2D eigenvalue weighted by Crippen LogP contribution is 2.28. The zero-order valence-corrected chi connectivity index (χ0v) is 12.8. The molecule has 118 valence electrons. The van der Waals surface area contributed by atoms with E-state index in [1.165, 1.54) is 0 Å². The summed E-state index contributed by atoms with van der Waals surface area (Å²) in [5.74, 6) is 0.716. The molecule has 2 aromatic carbocycles. The third-order valence-electron chi connectivity index (χ3n) is 3.37. The number of nitriles is 1. The number of nitrogens with one attached hydrogen (secondary N) is 2. The van der Waals surface area contributed by atoms with Crippen molar-refractivity contribution in [2.24, 2.45) is 10.2 Å². The molecular weight excluding hydrogens is 306 g/mol. The van der Waals surface area contributed by atoms with Gasteiger partial charge in [-0.25, -0.2) is 0 Å². The molecule has 0 radical (unpaired) electrons. The molecule has 0 aliphatic heterocycles. The van der Waals surface area contributed by atoms with Gasteiger partial charge in [0.2, 0.25) is 0 Å². The Morgan fingerprint density at radius 2 is 1.88 bits per heavy atom. The molecule has 3 aromatic rings. The summed E-state index contributed by atoms with van der Waals surface area (Å²) in [6.45, 7) is 0. The van der Waals surface area contributed by atoms with Crippen LogP contribution in [0.4, 0.5) is 11.4 Å². The highest BCUT2D eigenvalue weighted by atomic mass is 16.5. The summed E-state index contributed by atoms with van der Waals surface area (Å²) in [5, 5.41) is 22.3. The van der Waals surface area contributed by atoms with Crippen molar-refractivity contribution >= 4 is 11.4 Å². The minimum Gasteiger partial charge on any atom is -0.497 e. The van der Waals surface area contributed by atoms with Gasteiger partial charge in [0, 0.05) is 5.56 Å². The number of nitrogens with zero attached hydrogens (tertiary/aromatic N) is 3. The van der Waals surface area contributed by atoms with Crippen molar-refractivity contribution in [3.05, 3.63) is 64.4 Å². The fraction of sp³-hybridized carbons (Fsp3) is 0.0588. The molecule has 7 nitrogen and oxygen atoms in total. The number of azo groups is 1. The standard InChI is InChI=1S/C17H13N5O2/c1-24-14-7-5-12(6-8-14)15-16(17(23)22-20-15)21-19-13-4-2-3-11(9-13)10-18/h2-9H,1H3,(H2,20,22,23). The average molecular weight is 319 g/mol. The van der Waals surface area contributed by atoms with E-state index in [0.717, 1.165) is 5.56 Å². The first-order valence-corrected chi connectivity index (χ1v) is 7.08. The number of aromatic nitrogens is 2. The molecule has 0 spiro atoms. The van der Waals surface area contributed by atoms with Crippen LogP contribution in [-0.4, -0.2) is 17.3 Å². The molecule has 0 amide bonds. The van der Waals surface area contributed by atoms with E-state index in [9.17, 15) is 4.79 Å². The van der Waals surface area contributed by atoms with Crippen LogP contribution >= 0.6 is 0 Å². The lowest BCUT2D eigenvalue weighted by Crippen LogP contribution is -1.96. The topological polar surface area (TPSA) is 106 Å². The van der Waals surface area contributed by atoms with Gasteiger partial charge in [-0.1, -0.05) is 6.07 Å². The van der Waals surface area contributed by atoms with Crippen LogP contribution in [0.3, 0.4) is 0 Å². The van der Waals surface area contributed by atoms with Crippen molar-refractivity contribution < 1.29 is 4.74 Å². The van der Waals surface area contributed by atoms with Crippen molar-refractivity contribution in [3.8, 4) is 23.1 Å². The zero-order chi connectivity index (χ0) is 16.9. The van der Waals surface area contributed by atoms with Crippen molar-refractivity contribution in [1.82, 2.24) is 10.2 Å². The number of methoxy groups -OCH3 is 1. The third kappa shape index (κ3) is 3.08. The lowest BCUT2D eigenvalue weighted by atomic mass is 10.1. The van der Waals surface area contributed by atoms with Gasteiger partial charge in [0.15, 0.2) is 5.69 Å². The molecule has 0 fully saturated rings. The van der Waals surface area contributed by atoms with E-state index in [4.69, 9.17) is 10.00 Å². The summed E-state index contributed by atoms with van der Waals surface area (Å²) in [5.41, 5.74) is 2.07. The molecule has 0 atom stereocenters. The van der Waals surface area contributed by atoms with E-state index in [2.05, 4.69) is 20.4 Å².